The molecule has 2 aromatic rings. The first-order valence-corrected chi connectivity index (χ1v) is 8.93. The van der Waals surface area contributed by atoms with Crippen molar-refractivity contribution in [3.63, 3.8) is 0 Å². The largest absolute Gasteiger partial charge is 0.497 e. The Labute approximate surface area is 165 Å². The van der Waals surface area contributed by atoms with Gasteiger partial charge in [0, 0.05) is 35.5 Å². The van der Waals surface area contributed by atoms with Crippen molar-refractivity contribution in [1.82, 2.24) is 4.90 Å². The molecule has 0 saturated carbocycles. The van der Waals surface area contributed by atoms with Gasteiger partial charge >= 0.3 is 0 Å². The maximum absolute atomic E-state index is 12.5. The van der Waals surface area contributed by atoms with Gasteiger partial charge in [0.2, 0.25) is 5.91 Å². The molecule has 2 aromatic carbocycles. The molecule has 6 nitrogen and oxygen atoms in total. The molecule has 0 aromatic heterocycles. The molecule has 0 aliphatic heterocycles. The smallest absolute Gasteiger partial charge is 0.241 e. The van der Waals surface area contributed by atoms with E-state index in [-0.39, 0.29) is 11.9 Å². The number of hydrogen-bond acceptors (Lipinski definition) is 5. The molecule has 146 valence electrons. The summed E-state index contributed by atoms with van der Waals surface area (Å²) in [6, 6.07) is 12.1. The van der Waals surface area contributed by atoms with Crippen molar-refractivity contribution < 1.29 is 19.0 Å². The second-order valence-corrected chi connectivity index (χ2v) is 6.49. The lowest BCUT2D eigenvalue weighted by molar-refractivity contribution is -0.120. The van der Waals surface area contributed by atoms with Crippen molar-refractivity contribution >= 4 is 23.2 Å². The number of methoxy groups -OCH3 is 2. The van der Waals surface area contributed by atoms with Crippen LogP contribution in [0, 0.1) is 0 Å². The highest BCUT2D eigenvalue weighted by Crippen LogP contribution is 2.26. The normalized spacial score (nSPS) is 11.8. The molecule has 0 heterocycles. The lowest BCUT2D eigenvalue weighted by atomic mass is 10.2. The van der Waals surface area contributed by atoms with Gasteiger partial charge in [0.15, 0.2) is 0 Å². The number of carbonyl (C=O) groups is 1. The molecule has 0 aliphatic rings. The van der Waals surface area contributed by atoms with Crippen LogP contribution in [0.25, 0.3) is 0 Å². The summed E-state index contributed by atoms with van der Waals surface area (Å²) in [7, 11) is 5.01. The number of rotatable bonds is 9. The number of nitrogens with zero attached hydrogens (tertiary/aromatic N) is 1. The highest BCUT2D eigenvalue weighted by Gasteiger charge is 2.18. The van der Waals surface area contributed by atoms with Gasteiger partial charge < -0.3 is 19.5 Å². The van der Waals surface area contributed by atoms with E-state index in [9.17, 15) is 4.79 Å². The molecule has 1 unspecified atom stereocenters. The van der Waals surface area contributed by atoms with Crippen LogP contribution < -0.4 is 19.5 Å². The highest BCUT2D eigenvalue weighted by molar-refractivity contribution is 6.30. The highest BCUT2D eigenvalue weighted by atomic mass is 35.5. The number of nitrogens with one attached hydrogen (secondary N) is 1. The summed E-state index contributed by atoms with van der Waals surface area (Å²) in [6.07, 6.45) is 0. The third kappa shape index (κ3) is 6.34. The Kier molecular flexibility index (Phi) is 7.76. The maximum atomic E-state index is 12.5. The first kappa shape index (κ1) is 20.9. The minimum atomic E-state index is -0.342. The quantitative estimate of drug-likeness (QED) is 0.705. The molecular formula is C20H25ClN2O4. The molecule has 0 fully saturated rings. The van der Waals surface area contributed by atoms with E-state index in [1.807, 2.05) is 31.0 Å². The van der Waals surface area contributed by atoms with Gasteiger partial charge in [0.25, 0.3) is 0 Å². The molecule has 0 saturated heterocycles. The van der Waals surface area contributed by atoms with Crippen molar-refractivity contribution in [2.24, 2.45) is 0 Å². The molecule has 7 heteroatoms. The fourth-order valence-electron chi connectivity index (χ4n) is 2.38. The average Bonchev–Trinajstić information content (AvgIpc) is 2.66. The predicted molar refractivity (Wildman–Crippen MR) is 107 cm³/mol. The van der Waals surface area contributed by atoms with E-state index in [1.165, 1.54) is 0 Å². The molecule has 0 bridgehead atoms. The number of halogens is 1. The Bertz CT molecular complexity index is 747. The van der Waals surface area contributed by atoms with Crippen LogP contribution in [0.15, 0.2) is 42.5 Å². The summed E-state index contributed by atoms with van der Waals surface area (Å²) < 4.78 is 16.1. The second-order valence-electron chi connectivity index (χ2n) is 6.05. The molecular weight excluding hydrogens is 368 g/mol. The molecule has 0 spiro atoms. The van der Waals surface area contributed by atoms with Gasteiger partial charge in [-0.2, -0.15) is 0 Å². The number of likely N-dealkylation sites (N-methyl/N-ethyl adjacent to an activating group) is 1. The van der Waals surface area contributed by atoms with Crippen LogP contribution in [-0.4, -0.2) is 51.3 Å². The second kappa shape index (κ2) is 10.0. The predicted octanol–water partition coefficient (Wildman–Crippen LogP) is 3.70. The lowest BCUT2D eigenvalue weighted by Crippen LogP contribution is -2.41. The molecule has 1 amide bonds. The number of hydrogen-bond donors (Lipinski definition) is 1. The number of amides is 1. The zero-order valence-electron chi connectivity index (χ0n) is 16.0. The Hall–Kier alpha value is -2.44. The summed E-state index contributed by atoms with van der Waals surface area (Å²) in [5, 5.41) is 3.52. The summed E-state index contributed by atoms with van der Waals surface area (Å²) in [4.78, 5) is 14.5. The minimum absolute atomic E-state index is 0.129. The van der Waals surface area contributed by atoms with Gasteiger partial charge in [-0.3, -0.25) is 9.69 Å². The van der Waals surface area contributed by atoms with Gasteiger partial charge in [-0.15, -0.1) is 0 Å². The SMILES string of the molecule is COc1cc(NC(=O)C(C)N(C)CCOc2cccc(Cl)c2)cc(OC)c1. The molecule has 27 heavy (non-hydrogen) atoms. The molecule has 2 rings (SSSR count). The van der Waals surface area contributed by atoms with Gasteiger partial charge in [0.05, 0.1) is 20.3 Å². The number of anilines is 1. The zero-order chi connectivity index (χ0) is 19.8. The van der Waals surface area contributed by atoms with E-state index in [0.717, 1.165) is 0 Å². The monoisotopic (exact) mass is 392 g/mol. The van der Waals surface area contributed by atoms with Crippen LogP contribution in [0.3, 0.4) is 0 Å². The summed E-state index contributed by atoms with van der Waals surface area (Å²) in [5.74, 6) is 1.80. The Morgan fingerprint density at radius 2 is 1.78 bits per heavy atom. The van der Waals surface area contributed by atoms with E-state index in [0.29, 0.717) is 41.1 Å². The van der Waals surface area contributed by atoms with Crippen LogP contribution in [0.1, 0.15) is 6.92 Å². The molecule has 1 N–H and O–H groups in total. The first-order chi connectivity index (χ1) is 12.9. The Morgan fingerprint density at radius 1 is 1.11 bits per heavy atom. The van der Waals surface area contributed by atoms with Gasteiger partial charge in [0.1, 0.15) is 23.9 Å². The number of carbonyl (C=O) groups excluding carboxylic acids is 1. The summed E-state index contributed by atoms with van der Waals surface area (Å²) in [6.45, 7) is 2.87. The van der Waals surface area contributed by atoms with Crippen LogP contribution in [0.4, 0.5) is 5.69 Å². The fourth-order valence-corrected chi connectivity index (χ4v) is 2.56. The fraction of sp³-hybridized carbons (Fsp3) is 0.350. The van der Waals surface area contributed by atoms with E-state index < -0.39 is 0 Å². The van der Waals surface area contributed by atoms with Crippen molar-refractivity contribution in [2.45, 2.75) is 13.0 Å². The molecule has 0 radical (unpaired) electrons. The summed E-state index contributed by atoms with van der Waals surface area (Å²) in [5.41, 5.74) is 0.617. The summed E-state index contributed by atoms with van der Waals surface area (Å²) >= 11 is 5.94. The third-order valence-corrected chi connectivity index (χ3v) is 4.40. The van der Waals surface area contributed by atoms with E-state index in [1.54, 1.807) is 44.6 Å². The van der Waals surface area contributed by atoms with Crippen molar-refractivity contribution in [3.8, 4) is 17.2 Å². The Balaban J connectivity index is 1.88. The van der Waals surface area contributed by atoms with Crippen molar-refractivity contribution in [2.75, 3.05) is 39.7 Å². The van der Waals surface area contributed by atoms with E-state index in [2.05, 4.69) is 5.32 Å². The van der Waals surface area contributed by atoms with Crippen LogP contribution in [0.5, 0.6) is 17.2 Å². The third-order valence-electron chi connectivity index (χ3n) is 4.17. The maximum Gasteiger partial charge on any atom is 0.241 e. The minimum Gasteiger partial charge on any atom is -0.497 e. The van der Waals surface area contributed by atoms with Crippen LogP contribution in [-0.2, 0) is 4.79 Å². The topological polar surface area (TPSA) is 60.0 Å². The first-order valence-electron chi connectivity index (χ1n) is 8.55. The lowest BCUT2D eigenvalue weighted by Gasteiger charge is -2.24. The van der Waals surface area contributed by atoms with E-state index in [4.69, 9.17) is 25.8 Å². The van der Waals surface area contributed by atoms with Crippen molar-refractivity contribution in [1.29, 1.82) is 0 Å². The van der Waals surface area contributed by atoms with Gasteiger partial charge in [-0.05, 0) is 32.2 Å². The molecule has 0 aliphatic carbocycles. The van der Waals surface area contributed by atoms with Crippen LogP contribution in [0.2, 0.25) is 5.02 Å². The van der Waals surface area contributed by atoms with Crippen molar-refractivity contribution in [3.05, 3.63) is 47.5 Å². The number of benzene rings is 2. The average molecular weight is 393 g/mol. The van der Waals surface area contributed by atoms with Crippen LogP contribution >= 0.6 is 11.6 Å². The molecule has 1 atom stereocenters. The number of ether oxygens (including phenoxy) is 3. The standard InChI is InChI=1S/C20H25ClN2O4/c1-14(23(2)8-9-27-17-7-5-6-15(21)10-17)20(24)22-16-11-18(25-3)13-19(12-16)26-4/h5-7,10-14H,8-9H2,1-4H3,(H,22,24). The Morgan fingerprint density at radius 3 is 2.37 bits per heavy atom. The zero-order valence-corrected chi connectivity index (χ0v) is 16.7. The van der Waals surface area contributed by atoms with Gasteiger partial charge in [-0.1, -0.05) is 17.7 Å². The van der Waals surface area contributed by atoms with Gasteiger partial charge in [-0.25, -0.2) is 0 Å². The van der Waals surface area contributed by atoms with E-state index >= 15 is 0 Å².